The van der Waals surface area contributed by atoms with Crippen LogP contribution in [0.4, 0.5) is 10.8 Å². The summed E-state index contributed by atoms with van der Waals surface area (Å²) in [5.41, 5.74) is 6.54. The highest BCUT2D eigenvalue weighted by molar-refractivity contribution is 8.93. The number of nitrogens with one attached hydrogen (secondary N) is 2. The van der Waals surface area contributed by atoms with Crippen LogP contribution >= 0.6 is 28.3 Å². The number of hydrazone groups is 1. The van der Waals surface area contributed by atoms with E-state index in [1.54, 1.807) is 18.6 Å². The number of carbonyl (C=O) groups is 1. The number of carbonyl (C=O) groups excluding carboxylic acids is 1. The van der Waals surface area contributed by atoms with E-state index in [1.807, 2.05) is 48.7 Å². The summed E-state index contributed by atoms with van der Waals surface area (Å²) in [6.45, 7) is 1.98. The lowest BCUT2D eigenvalue weighted by Gasteiger charge is -2.04. The summed E-state index contributed by atoms with van der Waals surface area (Å²) in [6.07, 6.45) is 6.52. The van der Waals surface area contributed by atoms with Gasteiger partial charge >= 0.3 is 0 Å². The monoisotopic (exact) mass is 445 g/mol. The lowest BCUT2D eigenvalue weighted by atomic mass is 10.1. The molecule has 0 unspecified atom stereocenters. The van der Waals surface area contributed by atoms with Crippen molar-refractivity contribution in [1.29, 1.82) is 0 Å². The molecule has 0 fully saturated rings. The van der Waals surface area contributed by atoms with E-state index in [-0.39, 0.29) is 22.9 Å². The predicted molar refractivity (Wildman–Crippen MR) is 117 cm³/mol. The lowest BCUT2D eigenvalue weighted by molar-refractivity contribution is -0.116. The smallest absolute Gasteiger partial charge is 0.224 e. The van der Waals surface area contributed by atoms with Crippen molar-refractivity contribution in [2.45, 2.75) is 19.8 Å². The van der Waals surface area contributed by atoms with E-state index in [4.69, 9.17) is 0 Å². The minimum atomic E-state index is 0. The second-order valence-corrected chi connectivity index (χ2v) is 6.42. The molecule has 1 amide bonds. The maximum atomic E-state index is 11.6. The Kier molecular flexibility index (Phi) is 8.09. The summed E-state index contributed by atoms with van der Waals surface area (Å²) in [5, 5.41) is 9.74. The number of thiazole rings is 1. The van der Waals surface area contributed by atoms with Gasteiger partial charge < -0.3 is 5.32 Å². The Labute approximate surface area is 172 Å². The first-order chi connectivity index (χ1) is 12.7. The van der Waals surface area contributed by atoms with Gasteiger partial charge in [-0.05, 0) is 36.2 Å². The van der Waals surface area contributed by atoms with E-state index in [1.165, 1.54) is 11.3 Å². The van der Waals surface area contributed by atoms with Crippen molar-refractivity contribution in [3.8, 4) is 11.3 Å². The van der Waals surface area contributed by atoms with Crippen LogP contribution in [0, 0.1) is 0 Å². The van der Waals surface area contributed by atoms with Gasteiger partial charge in [0.05, 0.1) is 11.9 Å². The van der Waals surface area contributed by atoms with E-state index < -0.39 is 0 Å². The molecule has 0 atom stereocenters. The van der Waals surface area contributed by atoms with Gasteiger partial charge in [0.2, 0.25) is 11.0 Å². The molecule has 6 nitrogen and oxygen atoms in total. The van der Waals surface area contributed by atoms with Crippen LogP contribution in [-0.2, 0) is 4.79 Å². The van der Waals surface area contributed by atoms with Gasteiger partial charge in [-0.15, -0.1) is 28.3 Å². The Bertz CT molecular complexity index is 881. The quantitative estimate of drug-likeness (QED) is 0.397. The standard InChI is InChI=1S/C19H19N5OS.BrH/c1-2-3-18(25)22-16-6-4-15(5-7-16)17-13-26-19(23-17)24-21-12-14-8-10-20-11-9-14;/h4-13H,2-3H2,1H3,(H,22,25)(H,23,24);1H/b21-12-;. The molecule has 0 aliphatic heterocycles. The van der Waals surface area contributed by atoms with Crippen molar-refractivity contribution in [2.24, 2.45) is 5.10 Å². The molecule has 3 aromatic rings. The Morgan fingerprint density at radius 2 is 1.93 bits per heavy atom. The summed E-state index contributed by atoms with van der Waals surface area (Å²) in [4.78, 5) is 20.1. The molecule has 3 rings (SSSR count). The van der Waals surface area contributed by atoms with E-state index >= 15 is 0 Å². The molecule has 2 N–H and O–H groups in total. The number of anilines is 2. The van der Waals surface area contributed by atoms with E-state index in [0.717, 1.165) is 28.9 Å². The van der Waals surface area contributed by atoms with Crippen molar-refractivity contribution in [1.82, 2.24) is 9.97 Å². The van der Waals surface area contributed by atoms with Gasteiger partial charge in [0.1, 0.15) is 0 Å². The first-order valence-corrected chi connectivity index (χ1v) is 9.17. The Balaban J connectivity index is 0.00000261. The number of nitrogens with zero attached hydrogens (tertiary/aromatic N) is 3. The van der Waals surface area contributed by atoms with Gasteiger partial charge in [0.25, 0.3) is 0 Å². The first-order valence-electron chi connectivity index (χ1n) is 8.29. The lowest BCUT2D eigenvalue weighted by Crippen LogP contribution is -2.10. The third kappa shape index (κ3) is 6.26. The first kappa shape index (κ1) is 20.7. The highest BCUT2D eigenvalue weighted by atomic mass is 79.9. The fourth-order valence-corrected chi connectivity index (χ4v) is 2.91. The molecule has 0 aliphatic rings. The molecular formula is C19H20BrN5OS. The molecule has 8 heteroatoms. The van der Waals surface area contributed by atoms with Crippen LogP contribution in [0.25, 0.3) is 11.3 Å². The van der Waals surface area contributed by atoms with Crippen molar-refractivity contribution < 1.29 is 4.79 Å². The molecule has 0 bridgehead atoms. The average Bonchev–Trinajstić information content (AvgIpc) is 3.12. The number of pyridine rings is 1. The second kappa shape index (κ2) is 10.5. The zero-order valence-electron chi connectivity index (χ0n) is 14.8. The summed E-state index contributed by atoms with van der Waals surface area (Å²) < 4.78 is 0. The van der Waals surface area contributed by atoms with Crippen LogP contribution in [0.3, 0.4) is 0 Å². The van der Waals surface area contributed by atoms with Gasteiger partial charge in [0.15, 0.2) is 0 Å². The normalized spacial score (nSPS) is 10.4. The zero-order valence-corrected chi connectivity index (χ0v) is 17.3. The number of amides is 1. The highest BCUT2D eigenvalue weighted by Crippen LogP contribution is 2.26. The number of hydrogen-bond donors (Lipinski definition) is 2. The topological polar surface area (TPSA) is 79.3 Å². The third-order valence-corrected chi connectivity index (χ3v) is 4.27. The third-order valence-electron chi connectivity index (χ3n) is 3.53. The Morgan fingerprint density at radius 3 is 2.63 bits per heavy atom. The SMILES string of the molecule is Br.CCCC(=O)Nc1ccc(-c2csc(N/N=C\c3ccncc3)n2)cc1. The van der Waals surface area contributed by atoms with E-state index in [0.29, 0.717) is 11.6 Å². The molecule has 0 saturated heterocycles. The van der Waals surface area contributed by atoms with Crippen LogP contribution in [0.2, 0.25) is 0 Å². The molecule has 1 aromatic carbocycles. The van der Waals surface area contributed by atoms with Crippen molar-refractivity contribution in [3.05, 3.63) is 59.7 Å². The summed E-state index contributed by atoms with van der Waals surface area (Å²) in [6, 6.07) is 11.4. The molecular weight excluding hydrogens is 426 g/mol. The molecule has 0 saturated carbocycles. The van der Waals surface area contributed by atoms with Crippen LogP contribution in [0.1, 0.15) is 25.3 Å². The van der Waals surface area contributed by atoms with Crippen LogP contribution in [0.5, 0.6) is 0 Å². The van der Waals surface area contributed by atoms with Gasteiger partial charge in [0, 0.05) is 35.4 Å². The van der Waals surface area contributed by atoms with Crippen LogP contribution in [-0.4, -0.2) is 22.1 Å². The largest absolute Gasteiger partial charge is 0.326 e. The summed E-state index contributed by atoms with van der Waals surface area (Å²) >= 11 is 1.48. The van der Waals surface area contributed by atoms with Crippen LogP contribution < -0.4 is 10.7 Å². The Hall–Kier alpha value is -2.58. The highest BCUT2D eigenvalue weighted by Gasteiger charge is 2.05. The number of hydrogen-bond acceptors (Lipinski definition) is 6. The van der Waals surface area contributed by atoms with Gasteiger partial charge in [-0.25, -0.2) is 4.98 Å². The summed E-state index contributed by atoms with van der Waals surface area (Å²) in [7, 11) is 0. The maximum Gasteiger partial charge on any atom is 0.224 e. The second-order valence-electron chi connectivity index (χ2n) is 5.56. The Morgan fingerprint density at radius 1 is 1.19 bits per heavy atom. The van der Waals surface area contributed by atoms with E-state index in [2.05, 4.69) is 25.8 Å². The van der Waals surface area contributed by atoms with Gasteiger partial charge in [-0.1, -0.05) is 19.1 Å². The molecule has 0 spiro atoms. The van der Waals surface area contributed by atoms with Crippen molar-refractivity contribution in [2.75, 3.05) is 10.7 Å². The molecule has 2 aromatic heterocycles. The average molecular weight is 446 g/mol. The maximum absolute atomic E-state index is 11.6. The number of halogens is 1. The van der Waals surface area contributed by atoms with Gasteiger partial charge in [-0.3, -0.25) is 15.2 Å². The summed E-state index contributed by atoms with van der Waals surface area (Å²) in [5.74, 6) is 0.0347. The minimum absolute atomic E-state index is 0. The number of rotatable bonds is 7. The van der Waals surface area contributed by atoms with Crippen LogP contribution in [0.15, 0.2) is 59.3 Å². The molecule has 2 heterocycles. The van der Waals surface area contributed by atoms with E-state index in [9.17, 15) is 4.79 Å². The molecule has 0 aliphatic carbocycles. The number of aromatic nitrogens is 2. The van der Waals surface area contributed by atoms with Crippen molar-refractivity contribution in [3.63, 3.8) is 0 Å². The van der Waals surface area contributed by atoms with Crippen molar-refractivity contribution >= 4 is 51.3 Å². The fraction of sp³-hybridized carbons (Fsp3) is 0.158. The molecule has 27 heavy (non-hydrogen) atoms. The zero-order chi connectivity index (χ0) is 18.2. The van der Waals surface area contributed by atoms with Gasteiger partial charge in [-0.2, -0.15) is 5.10 Å². The predicted octanol–water partition coefficient (Wildman–Crippen LogP) is 4.97. The molecule has 0 radical (unpaired) electrons. The number of benzene rings is 1. The fourth-order valence-electron chi connectivity index (χ4n) is 2.24. The minimum Gasteiger partial charge on any atom is -0.326 e. The molecule has 140 valence electrons.